The lowest BCUT2D eigenvalue weighted by molar-refractivity contribution is 0.0680. The highest BCUT2D eigenvalue weighted by Crippen LogP contribution is 2.20. The predicted octanol–water partition coefficient (Wildman–Crippen LogP) is 2.67. The summed E-state index contributed by atoms with van der Waals surface area (Å²) in [6.07, 6.45) is 2.46. The van der Waals surface area contributed by atoms with Crippen molar-refractivity contribution in [1.29, 1.82) is 0 Å². The Morgan fingerprint density at radius 1 is 1.33 bits per heavy atom. The highest BCUT2D eigenvalue weighted by molar-refractivity contribution is 6.17. The van der Waals surface area contributed by atoms with E-state index in [1.807, 2.05) is 12.1 Å². The molecule has 1 aliphatic heterocycles. The number of piperidine rings is 1. The molecule has 0 atom stereocenters. The van der Waals surface area contributed by atoms with E-state index in [9.17, 15) is 0 Å². The normalized spacial score (nSPS) is 18.1. The molecule has 0 bridgehead atoms. The number of alkyl halides is 1. The summed E-state index contributed by atoms with van der Waals surface area (Å²) in [6.45, 7) is 2.09. The molecule has 1 radical (unpaired) electrons. The summed E-state index contributed by atoms with van der Waals surface area (Å²) in [4.78, 5) is 2.38. The second-order valence-corrected chi connectivity index (χ2v) is 3.94. The van der Waals surface area contributed by atoms with Gasteiger partial charge in [-0.15, -0.1) is 0 Å². The molecule has 3 heteroatoms. The third kappa shape index (κ3) is 2.86. The van der Waals surface area contributed by atoms with Gasteiger partial charge in [-0.25, -0.2) is 0 Å². The van der Waals surface area contributed by atoms with Gasteiger partial charge >= 0.3 is 0 Å². The number of hydrogen-bond acceptors (Lipinski definition) is 2. The first-order valence-corrected chi connectivity index (χ1v) is 5.82. The third-order valence-electron chi connectivity index (χ3n) is 2.81. The van der Waals surface area contributed by atoms with Gasteiger partial charge in [0.15, 0.2) is 0 Å². The van der Waals surface area contributed by atoms with E-state index in [1.54, 1.807) is 0 Å². The van der Waals surface area contributed by atoms with Crippen LogP contribution in [0.3, 0.4) is 0 Å². The van der Waals surface area contributed by atoms with Crippen molar-refractivity contribution in [3.8, 4) is 0 Å². The van der Waals surface area contributed by atoms with Gasteiger partial charge in [0.05, 0.1) is 6.10 Å². The van der Waals surface area contributed by atoms with Crippen molar-refractivity contribution in [3.63, 3.8) is 0 Å². The Kier molecular flexibility index (Phi) is 3.87. The molecule has 0 saturated carbocycles. The van der Waals surface area contributed by atoms with E-state index in [1.165, 1.54) is 5.69 Å². The largest absolute Gasteiger partial charge is 0.371 e. The number of halogens is 1. The van der Waals surface area contributed by atoms with Crippen LogP contribution in [0.4, 0.5) is 5.69 Å². The van der Waals surface area contributed by atoms with E-state index >= 15 is 0 Å². The van der Waals surface area contributed by atoms with Crippen molar-refractivity contribution < 1.29 is 4.74 Å². The van der Waals surface area contributed by atoms with E-state index in [2.05, 4.69) is 23.1 Å². The maximum Gasteiger partial charge on any atom is 0.121 e. The first kappa shape index (κ1) is 10.8. The van der Waals surface area contributed by atoms with Crippen LogP contribution in [0.1, 0.15) is 12.8 Å². The minimum Gasteiger partial charge on any atom is -0.371 e. The molecule has 2 rings (SSSR count). The second kappa shape index (κ2) is 5.38. The maximum atomic E-state index is 5.55. The van der Waals surface area contributed by atoms with Crippen LogP contribution < -0.4 is 4.90 Å². The molecule has 2 nitrogen and oxygen atoms in total. The quantitative estimate of drug-likeness (QED) is 0.732. The van der Waals surface area contributed by atoms with Gasteiger partial charge < -0.3 is 9.64 Å². The van der Waals surface area contributed by atoms with E-state index in [-0.39, 0.29) is 0 Å². The van der Waals surface area contributed by atoms with Crippen LogP contribution in [0.15, 0.2) is 24.3 Å². The van der Waals surface area contributed by atoms with Crippen LogP contribution in [0, 0.1) is 6.07 Å². The summed E-state index contributed by atoms with van der Waals surface area (Å²) in [5.41, 5.74) is 1.28. The first-order chi connectivity index (χ1) is 7.40. The van der Waals surface area contributed by atoms with E-state index in [0.717, 1.165) is 25.9 Å². The van der Waals surface area contributed by atoms with Gasteiger partial charge in [-0.1, -0.05) is 23.7 Å². The number of ether oxygens (including phenoxy) is 1. The molecule has 0 aromatic heterocycles. The van der Waals surface area contributed by atoms with Crippen LogP contribution in [0.5, 0.6) is 0 Å². The summed E-state index contributed by atoms with van der Waals surface area (Å²) in [7, 11) is 0. The van der Waals surface area contributed by atoms with Crippen molar-refractivity contribution in [2.75, 3.05) is 24.1 Å². The maximum absolute atomic E-state index is 5.55. The number of anilines is 1. The standard InChI is InChI=1S/C12H15ClNO/c13-10-15-12-6-8-14(9-7-12)11-4-2-1-3-5-11/h2-5,12H,6-10H2. The molecule has 1 aromatic carbocycles. The smallest absolute Gasteiger partial charge is 0.121 e. The number of hydrogen-bond donors (Lipinski definition) is 0. The number of rotatable bonds is 3. The summed E-state index contributed by atoms with van der Waals surface area (Å²) < 4.78 is 5.40. The molecule has 0 spiro atoms. The average molecular weight is 225 g/mol. The number of benzene rings is 1. The average Bonchev–Trinajstić information content (AvgIpc) is 2.32. The Hall–Kier alpha value is -0.730. The van der Waals surface area contributed by atoms with E-state index < -0.39 is 0 Å². The Morgan fingerprint density at radius 3 is 2.60 bits per heavy atom. The van der Waals surface area contributed by atoms with Crippen LogP contribution >= 0.6 is 11.6 Å². The molecule has 1 fully saturated rings. The SMILES string of the molecule is ClCOC1CCN(c2cc[c]cc2)CC1. The van der Waals surface area contributed by atoms with Gasteiger partial charge in [0.2, 0.25) is 0 Å². The van der Waals surface area contributed by atoms with E-state index in [0.29, 0.717) is 12.2 Å². The van der Waals surface area contributed by atoms with Crippen LogP contribution in [-0.4, -0.2) is 25.3 Å². The Labute approximate surface area is 95.8 Å². The summed E-state index contributed by atoms with van der Waals surface area (Å²) in [5.74, 6) is 0. The fourth-order valence-corrected chi connectivity index (χ4v) is 2.14. The van der Waals surface area contributed by atoms with Crippen molar-refractivity contribution >= 4 is 17.3 Å². The summed E-state index contributed by atoms with van der Waals surface area (Å²) in [6, 6.07) is 11.5. The van der Waals surface area contributed by atoms with Crippen molar-refractivity contribution in [2.24, 2.45) is 0 Å². The molecule has 81 valence electrons. The molecule has 1 heterocycles. The molecular formula is C12H15ClNO. The summed E-state index contributed by atoms with van der Waals surface area (Å²) >= 11 is 5.55. The Morgan fingerprint density at radius 2 is 2.00 bits per heavy atom. The molecule has 0 unspecified atom stereocenters. The van der Waals surface area contributed by atoms with Crippen LogP contribution in [0.2, 0.25) is 0 Å². The lowest BCUT2D eigenvalue weighted by atomic mass is 10.1. The molecule has 0 aliphatic carbocycles. The zero-order valence-electron chi connectivity index (χ0n) is 8.66. The van der Waals surface area contributed by atoms with Gasteiger partial charge in [-0.05, 0) is 31.0 Å². The van der Waals surface area contributed by atoms with Gasteiger partial charge in [0.25, 0.3) is 0 Å². The summed E-state index contributed by atoms with van der Waals surface area (Å²) in [5, 5.41) is 0. The Balaban J connectivity index is 1.88. The van der Waals surface area contributed by atoms with Crippen molar-refractivity contribution in [1.82, 2.24) is 0 Å². The molecule has 1 aromatic rings. The monoisotopic (exact) mass is 224 g/mol. The molecule has 15 heavy (non-hydrogen) atoms. The molecule has 1 saturated heterocycles. The van der Waals surface area contributed by atoms with Gasteiger partial charge in [-0.3, -0.25) is 0 Å². The van der Waals surface area contributed by atoms with Crippen LogP contribution in [-0.2, 0) is 4.74 Å². The molecule has 0 N–H and O–H groups in total. The highest BCUT2D eigenvalue weighted by Gasteiger charge is 2.19. The third-order valence-corrected chi connectivity index (χ3v) is 2.93. The van der Waals surface area contributed by atoms with Crippen molar-refractivity contribution in [3.05, 3.63) is 30.3 Å². The van der Waals surface area contributed by atoms with Crippen molar-refractivity contribution in [2.45, 2.75) is 18.9 Å². The van der Waals surface area contributed by atoms with Gasteiger partial charge in [-0.2, -0.15) is 0 Å². The lowest BCUT2D eigenvalue weighted by Crippen LogP contribution is -2.36. The molecule has 1 aliphatic rings. The lowest BCUT2D eigenvalue weighted by Gasteiger charge is -2.33. The highest BCUT2D eigenvalue weighted by atomic mass is 35.5. The molecular weight excluding hydrogens is 210 g/mol. The fraction of sp³-hybridized carbons (Fsp3) is 0.500. The van der Waals surface area contributed by atoms with Crippen LogP contribution in [0.25, 0.3) is 0 Å². The minimum atomic E-state index is 0.310. The second-order valence-electron chi connectivity index (χ2n) is 3.72. The van der Waals surface area contributed by atoms with Gasteiger partial charge in [0.1, 0.15) is 6.07 Å². The zero-order valence-corrected chi connectivity index (χ0v) is 9.41. The first-order valence-electron chi connectivity index (χ1n) is 5.29. The van der Waals surface area contributed by atoms with Gasteiger partial charge in [0, 0.05) is 18.8 Å². The topological polar surface area (TPSA) is 12.5 Å². The predicted molar refractivity (Wildman–Crippen MR) is 62.3 cm³/mol. The molecule has 0 amide bonds. The number of nitrogens with zero attached hydrogens (tertiary/aromatic N) is 1. The fourth-order valence-electron chi connectivity index (χ4n) is 1.96. The van der Waals surface area contributed by atoms with E-state index in [4.69, 9.17) is 16.3 Å². The Bertz CT molecular complexity index is 283. The minimum absolute atomic E-state index is 0.310. The zero-order chi connectivity index (χ0) is 10.5.